The zero-order valence-electron chi connectivity index (χ0n) is 14.7. The van der Waals surface area contributed by atoms with E-state index in [9.17, 15) is 9.59 Å². The molecule has 5 heteroatoms. The minimum atomic E-state index is -0.764. The Morgan fingerprint density at radius 1 is 1.12 bits per heavy atom. The van der Waals surface area contributed by atoms with E-state index in [1.165, 1.54) is 13.3 Å². The van der Waals surface area contributed by atoms with E-state index >= 15 is 0 Å². The fourth-order valence-corrected chi connectivity index (χ4v) is 2.83. The van der Waals surface area contributed by atoms with Gasteiger partial charge in [0, 0.05) is 18.0 Å². The molecule has 0 aliphatic carbocycles. The van der Waals surface area contributed by atoms with Crippen LogP contribution in [0.1, 0.15) is 21.5 Å². The van der Waals surface area contributed by atoms with Crippen LogP contribution in [-0.4, -0.2) is 30.0 Å². The number of aryl methyl sites for hydroxylation is 1. The van der Waals surface area contributed by atoms with Gasteiger partial charge in [-0.05, 0) is 30.2 Å². The van der Waals surface area contributed by atoms with Gasteiger partial charge < -0.3 is 10.1 Å². The standard InChI is InChI=1S/C21H20N2O3/c1-14-7-3-4-8-15(14)12-19(21(25)26-2)23-20(24)17-11-16-9-5-6-10-18(16)22-13-17/h3-11,13,19H,12H2,1-2H3,(H,23,24)/t19-/m1/s1. The normalized spacial score (nSPS) is 11.8. The number of amides is 1. The Morgan fingerprint density at radius 3 is 2.62 bits per heavy atom. The molecule has 3 aromatic rings. The van der Waals surface area contributed by atoms with Gasteiger partial charge in [0.25, 0.3) is 5.91 Å². The van der Waals surface area contributed by atoms with Gasteiger partial charge in [0.2, 0.25) is 0 Å². The van der Waals surface area contributed by atoms with Gasteiger partial charge in [0.05, 0.1) is 18.2 Å². The summed E-state index contributed by atoms with van der Waals surface area (Å²) in [5.74, 6) is -0.831. The smallest absolute Gasteiger partial charge is 0.328 e. The first kappa shape index (κ1) is 17.6. The zero-order chi connectivity index (χ0) is 18.5. The molecule has 3 rings (SSSR count). The van der Waals surface area contributed by atoms with Crippen molar-refractivity contribution in [2.75, 3.05) is 7.11 Å². The lowest BCUT2D eigenvalue weighted by Gasteiger charge is -2.17. The number of benzene rings is 2. The van der Waals surface area contributed by atoms with Crippen molar-refractivity contribution in [3.8, 4) is 0 Å². The fraction of sp³-hybridized carbons (Fsp3) is 0.190. The van der Waals surface area contributed by atoms with Crippen LogP contribution < -0.4 is 5.32 Å². The first-order valence-corrected chi connectivity index (χ1v) is 8.36. The largest absolute Gasteiger partial charge is 0.467 e. The fourth-order valence-electron chi connectivity index (χ4n) is 2.83. The number of esters is 1. The first-order chi connectivity index (χ1) is 12.6. The maximum atomic E-state index is 12.6. The van der Waals surface area contributed by atoms with Crippen molar-refractivity contribution in [2.24, 2.45) is 0 Å². The average molecular weight is 348 g/mol. The third-order valence-electron chi connectivity index (χ3n) is 4.33. The Labute approximate surface area is 152 Å². The van der Waals surface area contributed by atoms with Gasteiger partial charge in [-0.25, -0.2) is 4.79 Å². The number of pyridine rings is 1. The van der Waals surface area contributed by atoms with E-state index in [0.29, 0.717) is 12.0 Å². The lowest BCUT2D eigenvalue weighted by atomic mass is 10.0. The predicted molar refractivity (Wildman–Crippen MR) is 99.9 cm³/mol. The van der Waals surface area contributed by atoms with Crippen LogP contribution in [0.25, 0.3) is 10.9 Å². The highest BCUT2D eigenvalue weighted by Crippen LogP contribution is 2.14. The summed E-state index contributed by atoms with van der Waals surface area (Å²) in [5.41, 5.74) is 3.26. The summed E-state index contributed by atoms with van der Waals surface area (Å²) in [6, 6.07) is 16.3. The number of carbonyl (C=O) groups is 2. The number of ether oxygens (including phenoxy) is 1. The maximum Gasteiger partial charge on any atom is 0.328 e. The van der Waals surface area contributed by atoms with Crippen LogP contribution in [0.4, 0.5) is 0 Å². The Morgan fingerprint density at radius 2 is 1.85 bits per heavy atom. The molecule has 0 aliphatic heterocycles. The first-order valence-electron chi connectivity index (χ1n) is 8.36. The van der Waals surface area contributed by atoms with E-state index in [2.05, 4.69) is 10.3 Å². The topological polar surface area (TPSA) is 68.3 Å². The summed E-state index contributed by atoms with van der Waals surface area (Å²) in [6.45, 7) is 1.97. The number of methoxy groups -OCH3 is 1. The molecule has 0 saturated heterocycles. The monoisotopic (exact) mass is 348 g/mol. The average Bonchev–Trinajstić information content (AvgIpc) is 2.68. The van der Waals surface area contributed by atoms with Crippen molar-refractivity contribution in [3.63, 3.8) is 0 Å². The van der Waals surface area contributed by atoms with Gasteiger partial charge >= 0.3 is 5.97 Å². The Bertz CT molecular complexity index is 953. The van der Waals surface area contributed by atoms with E-state index in [0.717, 1.165) is 22.0 Å². The number of hydrogen-bond donors (Lipinski definition) is 1. The molecule has 0 saturated carbocycles. The van der Waals surface area contributed by atoms with E-state index in [-0.39, 0.29) is 5.91 Å². The van der Waals surface area contributed by atoms with Crippen molar-refractivity contribution in [1.29, 1.82) is 0 Å². The molecule has 0 bridgehead atoms. The molecule has 0 aliphatic rings. The third-order valence-corrected chi connectivity index (χ3v) is 4.33. The summed E-state index contributed by atoms with van der Waals surface area (Å²) < 4.78 is 4.86. The van der Waals surface area contributed by atoms with Crippen molar-refractivity contribution in [3.05, 3.63) is 77.5 Å². The molecule has 0 spiro atoms. The van der Waals surface area contributed by atoms with Crippen molar-refractivity contribution in [1.82, 2.24) is 10.3 Å². The van der Waals surface area contributed by atoms with Gasteiger partial charge in [0.15, 0.2) is 0 Å². The van der Waals surface area contributed by atoms with Crippen LogP contribution in [0.2, 0.25) is 0 Å². The molecule has 2 aromatic carbocycles. The summed E-state index contributed by atoms with van der Waals surface area (Å²) >= 11 is 0. The van der Waals surface area contributed by atoms with Crippen molar-refractivity contribution < 1.29 is 14.3 Å². The molecular weight excluding hydrogens is 328 g/mol. The van der Waals surface area contributed by atoms with Crippen LogP contribution in [0.3, 0.4) is 0 Å². The van der Waals surface area contributed by atoms with Crippen molar-refractivity contribution in [2.45, 2.75) is 19.4 Å². The molecule has 0 radical (unpaired) electrons. The third kappa shape index (κ3) is 3.88. The Balaban J connectivity index is 1.82. The number of fused-ring (bicyclic) bond motifs is 1. The molecule has 0 unspecified atom stereocenters. The van der Waals surface area contributed by atoms with Gasteiger partial charge in [-0.3, -0.25) is 9.78 Å². The molecule has 26 heavy (non-hydrogen) atoms. The summed E-state index contributed by atoms with van der Waals surface area (Å²) in [4.78, 5) is 29.1. The van der Waals surface area contributed by atoms with Gasteiger partial charge in [-0.1, -0.05) is 42.5 Å². The molecule has 1 heterocycles. The number of hydrogen-bond acceptors (Lipinski definition) is 4. The number of aromatic nitrogens is 1. The van der Waals surface area contributed by atoms with Gasteiger partial charge in [-0.15, -0.1) is 0 Å². The van der Waals surface area contributed by atoms with Crippen LogP contribution >= 0.6 is 0 Å². The molecule has 1 atom stereocenters. The lowest BCUT2D eigenvalue weighted by molar-refractivity contribution is -0.142. The number of nitrogens with one attached hydrogen (secondary N) is 1. The van der Waals surface area contributed by atoms with E-state index in [1.807, 2.05) is 55.5 Å². The van der Waals surface area contributed by atoms with Crippen LogP contribution in [0.5, 0.6) is 0 Å². The summed E-state index contributed by atoms with van der Waals surface area (Å²) in [5, 5.41) is 3.64. The second kappa shape index (κ2) is 7.78. The van der Waals surface area contributed by atoms with Crippen LogP contribution in [-0.2, 0) is 16.0 Å². The SMILES string of the molecule is COC(=O)[C@@H](Cc1ccccc1C)NC(=O)c1cnc2ccccc2c1. The number of nitrogens with zero attached hydrogens (tertiary/aromatic N) is 1. The summed E-state index contributed by atoms with van der Waals surface area (Å²) in [6.07, 6.45) is 1.88. The lowest BCUT2D eigenvalue weighted by Crippen LogP contribution is -2.43. The quantitative estimate of drug-likeness (QED) is 0.720. The maximum absolute atomic E-state index is 12.6. The van der Waals surface area contributed by atoms with E-state index in [1.54, 1.807) is 6.07 Å². The molecule has 132 valence electrons. The summed E-state index contributed by atoms with van der Waals surface area (Å²) in [7, 11) is 1.32. The Kier molecular flexibility index (Phi) is 5.27. The van der Waals surface area contributed by atoms with Crippen LogP contribution in [0, 0.1) is 6.92 Å². The molecule has 5 nitrogen and oxygen atoms in total. The molecule has 1 amide bonds. The van der Waals surface area contributed by atoms with Gasteiger partial charge in [0.1, 0.15) is 6.04 Å². The predicted octanol–water partition coefficient (Wildman–Crippen LogP) is 3.06. The minimum absolute atomic E-state index is 0.354. The van der Waals surface area contributed by atoms with E-state index in [4.69, 9.17) is 4.74 Å². The Hall–Kier alpha value is -3.21. The minimum Gasteiger partial charge on any atom is -0.467 e. The molecule has 1 N–H and O–H groups in total. The zero-order valence-corrected chi connectivity index (χ0v) is 14.7. The van der Waals surface area contributed by atoms with Crippen LogP contribution in [0.15, 0.2) is 60.8 Å². The number of para-hydroxylation sites is 1. The number of rotatable bonds is 5. The highest BCUT2D eigenvalue weighted by atomic mass is 16.5. The molecule has 0 fully saturated rings. The molecule has 1 aromatic heterocycles. The molecular formula is C21H20N2O3. The highest BCUT2D eigenvalue weighted by molar-refractivity contribution is 5.99. The second-order valence-electron chi connectivity index (χ2n) is 6.10. The van der Waals surface area contributed by atoms with Crippen molar-refractivity contribution >= 4 is 22.8 Å². The second-order valence-corrected chi connectivity index (χ2v) is 6.10. The highest BCUT2D eigenvalue weighted by Gasteiger charge is 2.23. The van der Waals surface area contributed by atoms with E-state index < -0.39 is 12.0 Å². The van der Waals surface area contributed by atoms with Gasteiger partial charge in [-0.2, -0.15) is 0 Å². The number of carbonyl (C=O) groups excluding carboxylic acids is 2.